The first-order valence-corrected chi connectivity index (χ1v) is 7.77. The molecule has 2 N–H and O–H groups in total. The van der Waals surface area contributed by atoms with Crippen LogP contribution in [0.1, 0.15) is 17.0 Å². The Morgan fingerprint density at radius 3 is 3.06 bits per heavy atom. The van der Waals surface area contributed by atoms with Crippen molar-refractivity contribution < 1.29 is 9.00 Å². The van der Waals surface area contributed by atoms with Gasteiger partial charge in [0.15, 0.2) is 0 Å². The molecule has 0 bridgehead atoms. The van der Waals surface area contributed by atoms with Crippen LogP contribution in [0.25, 0.3) is 0 Å². The van der Waals surface area contributed by atoms with Gasteiger partial charge in [-0.25, -0.2) is 0 Å². The zero-order valence-corrected chi connectivity index (χ0v) is 11.3. The van der Waals surface area contributed by atoms with Crippen molar-refractivity contribution in [1.82, 2.24) is 10.6 Å². The van der Waals surface area contributed by atoms with Crippen LogP contribution in [0.4, 0.5) is 0 Å². The van der Waals surface area contributed by atoms with E-state index in [1.807, 2.05) is 24.3 Å². The van der Waals surface area contributed by atoms with Crippen LogP contribution in [0.2, 0.25) is 0 Å². The summed E-state index contributed by atoms with van der Waals surface area (Å²) in [5, 5.41) is 6.10. The monoisotopic (exact) mass is 266 g/mol. The van der Waals surface area contributed by atoms with E-state index in [0.29, 0.717) is 18.8 Å². The molecule has 1 aliphatic rings. The maximum Gasteiger partial charge on any atom is 0.228 e. The minimum atomic E-state index is -0.862. The molecule has 0 radical (unpaired) electrons. The molecular weight excluding hydrogens is 248 g/mol. The summed E-state index contributed by atoms with van der Waals surface area (Å²) in [7, 11) is -0.862. The maximum absolute atomic E-state index is 12.1. The average molecular weight is 266 g/mol. The molecule has 1 aromatic carbocycles. The molecule has 0 fully saturated rings. The van der Waals surface area contributed by atoms with Crippen molar-refractivity contribution in [2.24, 2.45) is 0 Å². The summed E-state index contributed by atoms with van der Waals surface area (Å²) in [6.45, 7) is 1.96. The van der Waals surface area contributed by atoms with Gasteiger partial charge in [0.05, 0.1) is 5.92 Å². The van der Waals surface area contributed by atoms with Gasteiger partial charge in [0.2, 0.25) is 5.91 Å². The van der Waals surface area contributed by atoms with E-state index in [1.54, 1.807) is 6.26 Å². The van der Waals surface area contributed by atoms with Gasteiger partial charge in [-0.1, -0.05) is 24.3 Å². The Morgan fingerprint density at radius 1 is 1.50 bits per heavy atom. The number of carbonyl (C=O) groups excluding carboxylic acids is 1. The highest BCUT2D eigenvalue weighted by Crippen LogP contribution is 2.23. The van der Waals surface area contributed by atoms with Crippen molar-refractivity contribution >= 4 is 16.7 Å². The highest BCUT2D eigenvalue weighted by atomic mass is 32.2. The SMILES string of the molecule is CS(=O)CCNC(=O)C1CNCc2ccccc21. The van der Waals surface area contributed by atoms with E-state index >= 15 is 0 Å². The minimum absolute atomic E-state index is 0.0140. The summed E-state index contributed by atoms with van der Waals surface area (Å²) in [4.78, 5) is 12.1. The molecule has 1 aliphatic heterocycles. The third-order valence-corrected chi connectivity index (χ3v) is 3.88. The summed E-state index contributed by atoms with van der Waals surface area (Å²) < 4.78 is 10.9. The van der Waals surface area contributed by atoms with Gasteiger partial charge in [-0.2, -0.15) is 0 Å². The Kier molecular flexibility index (Phi) is 4.49. The molecule has 18 heavy (non-hydrogen) atoms. The number of hydrogen-bond acceptors (Lipinski definition) is 3. The molecule has 2 atom stereocenters. The third kappa shape index (κ3) is 3.17. The molecule has 1 aromatic rings. The van der Waals surface area contributed by atoms with Gasteiger partial charge >= 0.3 is 0 Å². The number of hydrogen-bond donors (Lipinski definition) is 2. The lowest BCUT2D eigenvalue weighted by atomic mass is 9.90. The second-order valence-corrected chi connectivity index (χ2v) is 6.01. The zero-order valence-electron chi connectivity index (χ0n) is 10.4. The number of amides is 1. The predicted octanol–water partition coefficient (Wildman–Crippen LogP) is 0.368. The predicted molar refractivity (Wildman–Crippen MR) is 72.8 cm³/mol. The zero-order chi connectivity index (χ0) is 13.0. The Hall–Kier alpha value is -1.20. The Bertz CT molecular complexity index is 462. The van der Waals surface area contributed by atoms with Crippen LogP contribution in [-0.4, -0.2) is 35.2 Å². The van der Waals surface area contributed by atoms with Crippen molar-refractivity contribution in [2.45, 2.75) is 12.5 Å². The Labute approximate surface area is 110 Å². The van der Waals surface area contributed by atoms with E-state index in [-0.39, 0.29) is 11.8 Å². The van der Waals surface area contributed by atoms with Crippen LogP contribution in [0, 0.1) is 0 Å². The molecule has 5 heteroatoms. The van der Waals surface area contributed by atoms with E-state index in [2.05, 4.69) is 10.6 Å². The second kappa shape index (κ2) is 6.11. The van der Waals surface area contributed by atoms with E-state index < -0.39 is 10.8 Å². The van der Waals surface area contributed by atoms with E-state index in [4.69, 9.17) is 0 Å². The van der Waals surface area contributed by atoms with Crippen LogP contribution in [-0.2, 0) is 22.1 Å². The lowest BCUT2D eigenvalue weighted by molar-refractivity contribution is -0.122. The number of fused-ring (bicyclic) bond motifs is 1. The molecule has 2 unspecified atom stereocenters. The number of benzene rings is 1. The summed E-state index contributed by atoms with van der Waals surface area (Å²) >= 11 is 0. The highest BCUT2D eigenvalue weighted by molar-refractivity contribution is 7.84. The average Bonchev–Trinajstić information content (AvgIpc) is 2.37. The second-order valence-electron chi connectivity index (χ2n) is 4.45. The molecule has 2 rings (SSSR count). The van der Waals surface area contributed by atoms with Crippen LogP contribution >= 0.6 is 0 Å². The fourth-order valence-corrected chi connectivity index (χ4v) is 2.56. The van der Waals surface area contributed by atoms with Crippen LogP contribution in [0.5, 0.6) is 0 Å². The van der Waals surface area contributed by atoms with E-state index in [0.717, 1.165) is 12.1 Å². The molecule has 98 valence electrons. The first kappa shape index (κ1) is 13.2. The molecular formula is C13H18N2O2S. The summed E-state index contributed by atoms with van der Waals surface area (Å²) in [5.74, 6) is 0.383. The standard InChI is InChI=1S/C13H18N2O2S/c1-18(17)7-6-15-13(16)12-9-14-8-10-4-2-3-5-11(10)12/h2-5,12,14H,6-9H2,1H3,(H,15,16). The summed E-state index contributed by atoms with van der Waals surface area (Å²) in [6, 6.07) is 8.01. The van der Waals surface area contributed by atoms with Gasteiger partial charge in [0.25, 0.3) is 0 Å². The molecule has 0 saturated heterocycles. The Morgan fingerprint density at radius 2 is 2.28 bits per heavy atom. The molecule has 1 heterocycles. The van der Waals surface area contributed by atoms with Gasteiger partial charge in [-0.05, 0) is 11.1 Å². The number of nitrogens with one attached hydrogen (secondary N) is 2. The van der Waals surface area contributed by atoms with Gasteiger partial charge in [0.1, 0.15) is 0 Å². The first-order chi connectivity index (χ1) is 8.68. The topological polar surface area (TPSA) is 58.2 Å². The molecule has 0 aliphatic carbocycles. The maximum atomic E-state index is 12.1. The van der Waals surface area contributed by atoms with E-state index in [9.17, 15) is 9.00 Å². The quantitative estimate of drug-likeness (QED) is 0.828. The van der Waals surface area contributed by atoms with Gasteiger partial charge < -0.3 is 10.6 Å². The van der Waals surface area contributed by atoms with Crippen molar-refractivity contribution in [3.63, 3.8) is 0 Å². The van der Waals surface area contributed by atoms with Crippen molar-refractivity contribution in [1.29, 1.82) is 0 Å². The fourth-order valence-electron chi connectivity index (χ4n) is 2.17. The third-order valence-electron chi connectivity index (χ3n) is 3.10. The lowest BCUT2D eigenvalue weighted by Gasteiger charge is -2.25. The number of rotatable bonds is 4. The fraction of sp³-hybridized carbons (Fsp3) is 0.462. The normalized spacial score (nSPS) is 19.9. The Balaban J connectivity index is 2.01. The van der Waals surface area contributed by atoms with Crippen LogP contribution < -0.4 is 10.6 Å². The summed E-state index contributed by atoms with van der Waals surface area (Å²) in [5.41, 5.74) is 2.29. The molecule has 0 saturated carbocycles. The van der Waals surface area contributed by atoms with Crippen molar-refractivity contribution in [3.8, 4) is 0 Å². The molecule has 0 spiro atoms. The van der Waals surface area contributed by atoms with Crippen molar-refractivity contribution in [2.75, 3.05) is 25.1 Å². The smallest absolute Gasteiger partial charge is 0.228 e. The first-order valence-electron chi connectivity index (χ1n) is 6.04. The minimum Gasteiger partial charge on any atom is -0.355 e. The van der Waals surface area contributed by atoms with Crippen molar-refractivity contribution in [3.05, 3.63) is 35.4 Å². The van der Waals surface area contributed by atoms with E-state index in [1.165, 1.54) is 5.56 Å². The van der Waals surface area contributed by atoms with Gasteiger partial charge in [-0.15, -0.1) is 0 Å². The summed E-state index contributed by atoms with van der Waals surface area (Å²) in [6.07, 6.45) is 1.64. The largest absolute Gasteiger partial charge is 0.355 e. The lowest BCUT2D eigenvalue weighted by Crippen LogP contribution is -2.40. The molecule has 1 amide bonds. The molecule has 4 nitrogen and oxygen atoms in total. The van der Waals surface area contributed by atoms with Crippen LogP contribution in [0.15, 0.2) is 24.3 Å². The van der Waals surface area contributed by atoms with Crippen LogP contribution in [0.3, 0.4) is 0 Å². The van der Waals surface area contributed by atoms with Gasteiger partial charge in [-0.3, -0.25) is 9.00 Å². The van der Waals surface area contributed by atoms with Gasteiger partial charge in [0, 0.05) is 42.4 Å². The molecule has 0 aromatic heterocycles. The highest BCUT2D eigenvalue weighted by Gasteiger charge is 2.25. The number of carbonyl (C=O) groups is 1.